The van der Waals surface area contributed by atoms with Crippen LogP contribution in [0, 0.1) is 0 Å². The SMILES string of the molecule is COc1ccccc1OC(C)N(CCCl)Cc1ccccc1.Cl. The number of ether oxygens (including phenoxy) is 2. The highest BCUT2D eigenvalue weighted by Crippen LogP contribution is 2.27. The van der Waals surface area contributed by atoms with E-state index < -0.39 is 0 Å². The second kappa shape index (κ2) is 10.4. The van der Waals surface area contributed by atoms with Crippen molar-refractivity contribution in [2.75, 3.05) is 19.5 Å². The van der Waals surface area contributed by atoms with E-state index in [1.54, 1.807) is 7.11 Å². The molecule has 1 atom stereocenters. The summed E-state index contributed by atoms with van der Waals surface area (Å²) in [6.07, 6.45) is -0.102. The van der Waals surface area contributed by atoms with Crippen LogP contribution in [0.5, 0.6) is 11.5 Å². The van der Waals surface area contributed by atoms with Crippen molar-refractivity contribution in [1.29, 1.82) is 0 Å². The van der Waals surface area contributed by atoms with Gasteiger partial charge >= 0.3 is 0 Å². The lowest BCUT2D eigenvalue weighted by Gasteiger charge is -2.29. The van der Waals surface area contributed by atoms with Crippen LogP contribution in [0.3, 0.4) is 0 Å². The van der Waals surface area contributed by atoms with Crippen LogP contribution in [-0.2, 0) is 6.54 Å². The highest BCUT2D eigenvalue weighted by atomic mass is 35.5. The lowest BCUT2D eigenvalue weighted by atomic mass is 10.2. The Hall–Kier alpha value is -1.42. The number of hydrogen-bond acceptors (Lipinski definition) is 3. The van der Waals surface area contributed by atoms with Gasteiger partial charge in [-0.2, -0.15) is 0 Å². The molecular formula is C18H23Cl2NO2. The Morgan fingerprint density at radius 2 is 1.61 bits per heavy atom. The molecule has 0 fully saturated rings. The smallest absolute Gasteiger partial charge is 0.163 e. The monoisotopic (exact) mass is 355 g/mol. The first-order valence-electron chi connectivity index (χ1n) is 7.38. The van der Waals surface area contributed by atoms with Gasteiger partial charge in [0.2, 0.25) is 0 Å². The van der Waals surface area contributed by atoms with E-state index in [-0.39, 0.29) is 18.6 Å². The number of halogens is 2. The van der Waals surface area contributed by atoms with Crippen LogP contribution in [0.1, 0.15) is 12.5 Å². The number of methoxy groups -OCH3 is 1. The summed E-state index contributed by atoms with van der Waals surface area (Å²) >= 11 is 5.95. The van der Waals surface area contributed by atoms with Crippen molar-refractivity contribution in [2.45, 2.75) is 19.7 Å². The summed E-state index contributed by atoms with van der Waals surface area (Å²) in [7, 11) is 1.65. The van der Waals surface area contributed by atoms with E-state index in [0.717, 1.165) is 24.6 Å². The first-order valence-corrected chi connectivity index (χ1v) is 7.91. The molecule has 5 heteroatoms. The topological polar surface area (TPSA) is 21.7 Å². The Bertz CT molecular complexity index is 566. The van der Waals surface area contributed by atoms with Gasteiger partial charge in [0.05, 0.1) is 7.11 Å². The zero-order valence-corrected chi connectivity index (χ0v) is 15.0. The Kier molecular flexibility index (Phi) is 8.85. The fourth-order valence-corrected chi connectivity index (χ4v) is 2.51. The van der Waals surface area contributed by atoms with Gasteiger partial charge in [-0.25, -0.2) is 0 Å². The molecule has 0 aromatic heterocycles. The zero-order valence-electron chi connectivity index (χ0n) is 13.4. The molecule has 0 aliphatic rings. The van der Waals surface area contributed by atoms with Gasteiger partial charge in [-0.15, -0.1) is 24.0 Å². The van der Waals surface area contributed by atoms with Crippen LogP contribution >= 0.6 is 24.0 Å². The zero-order chi connectivity index (χ0) is 15.8. The maximum absolute atomic E-state index is 6.07. The van der Waals surface area contributed by atoms with Gasteiger partial charge in [-0.3, -0.25) is 4.90 Å². The molecule has 0 amide bonds. The lowest BCUT2D eigenvalue weighted by Crippen LogP contribution is -2.38. The van der Waals surface area contributed by atoms with E-state index in [4.69, 9.17) is 21.1 Å². The maximum atomic E-state index is 6.07. The molecule has 0 heterocycles. The van der Waals surface area contributed by atoms with E-state index in [0.29, 0.717) is 5.88 Å². The van der Waals surface area contributed by atoms with Crippen molar-refractivity contribution in [3.05, 3.63) is 60.2 Å². The van der Waals surface area contributed by atoms with Crippen molar-refractivity contribution in [3.8, 4) is 11.5 Å². The summed E-state index contributed by atoms with van der Waals surface area (Å²) < 4.78 is 11.4. The average molecular weight is 356 g/mol. The number of benzene rings is 2. The minimum atomic E-state index is -0.102. The molecule has 0 saturated carbocycles. The molecule has 0 spiro atoms. The molecule has 1 unspecified atom stereocenters. The molecule has 0 bridgehead atoms. The van der Waals surface area contributed by atoms with Crippen LogP contribution in [0.25, 0.3) is 0 Å². The molecule has 0 N–H and O–H groups in total. The molecule has 23 heavy (non-hydrogen) atoms. The summed E-state index contributed by atoms with van der Waals surface area (Å²) in [5.41, 5.74) is 1.24. The van der Waals surface area contributed by atoms with Crippen molar-refractivity contribution in [1.82, 2.24) is 4.90 Å². The van der Waals surface area contributed by atoms with Crippen molar-refractivity contribution in [3.63, 3.8) is 0 Å². The third-order valence-electron chi connectivity index (χ3n) is 3.48. The lowest BCUT2D eigenvalue weighted by molar-refractivity contribution is 0.0362. The first-order chi connectivity index (χ1) is 10.7. The molecule has 0 aliphatic carbocycles. The second-order valence-corrected chi connectivity index (χ2v) is 5.39. The molecule has 2 aromatic rings. The number of alkyl halides is 1. The summed E-state index contributed by atoms with van der Waals surface area (Å²) in [5, 5.41) is 0. The largest absolute Gasteiger partial charge is 0.493 e. The van der Waals surface area contributed by atoms with Gasteiger partial charge in [-0.05, 0) is 24.6 Å². The van der Waals surface area contributed by atoms with Gasteiger partial charge in [0, 0.05) is 19.0 Å². The van der Waals surface area contributed by atoms with Crippen LogP contribution in [0.4, 0.5) is 0 Å². The minimum absolute atomic E-state index is 0. The molecule has 3 nitrogen and oxygen atoms in total. The van der Waals surface area contributed by atoms with Crippen molar-refractivity contribution in [2.24, 2.45) is 0 Å². The summed E-state index contributed by atoms with van der Waals surface area (Å²) in [5.74, 6) is 2.04. The van der Waals surface area contributed by atoms with E-state index in [2.05, 4.69) is 17.0 Å². The fraction of sp³-hybridized carbons (Fsp3) is 0.333. The maximum Gasteiger partial charge on any atom is 0.163 e. The van der Waals surface area contributed by atoms with Crippen LogP contribution in [0.2, 0.25) is 0 Å². The van der Waals surface area contributed by atoms with Gasteiger partial charge in [0.15, 0.2) is 11.5 Å². The second-order valence-electron chi connectivity index (χ2n) is 5.01. The average Bonchev–Trinajstić information content (AvgIpc) is 2.56. The van der Waals surface area contributed by atoms with E-state index in [9.17, 15) is 0 Å². The Balaban J connectivity index is 0.00000264. The standard InChI is InChI=1S/C18H22ClNO2.ClH/c1-15(22-18-11-7-6-10-17(18)21-2)20(13-12-19)14-16-8-4-3-5-9-16;/h3-11,15H,12-14H2,1-2H3;1H. The molecule has 126 valence electrons. The van der Waals surface area contributed by atoms with E-state index in [1.807, 2.05) is 49.4 Å². The normalized spacial score (nSPS) is 11.7. The molecule has 0 saturated heterocycles. The van der Waals surface area contributed by atoms with Crippen LogP contribution in [-0.4, -0.2) is 30.7 Å². The van der Waals surface area contributed by atoms with Crippen molar-refractivity contribution < 1.29 is 9.47 Å². The van der Waals surface area contributed by atoms with Gasteiger partial charge in [0.25, 0.3) is 0 Å². The molecule has 2 aromatic carbocycles. The van der Waals surface area contributed by atoms with E-state index in [1.165, 1.54) is 5.56 Å². The summed E-state index contributed by atoms with van der Waals surface area (Å²) in [4.78, 5) is 2.20. The quantitative estimate of drug-likeness (QED) is 0.510. The molecule has 0 aliphatic heterocycles. The minimum Gasteiger partial charge on any atom is -0.493 e. The summed E-state index contributed by atoms with van der Waals surface area (Å²) in [6.45, 7) is 3.58. The molecular weight excluding hydrogens is 333 g/mol. The highest BCUT2D eigenvalue weighted by molar-refractivity contribution is 6.18. The predicted molar refractivity (Wildman–Crippen MR) is 97.9 cm³/mol. The van der Waals surface area contributed by atoms with Gasteiger partial charge < -0.3 is 9.47 Å². The number of hydrogen-bond donors (Lipinski definition) is 0. The first kappa shape index (κ1) is 19.6. The third-order valence-corrected chi connectivity index (χ3v) is 3.65. The summed E-state index contributed by atoms with van der Waals surface area (Å²) in [6, 6.07) is 18.0. The number of rotatable bonds is 8. The Morgan fingerprint density at radius 3 is 2.22 bits per heavy atom. The van der Waals surface area contributed by atoms with E-state index >= 15 is 0 Å². The number of para-hydroxylation sites is 2. The highest BCUT2D eigenvalue weighted by Gasteiger charge is 2.17. The molecule has 2 rings (SSSR count). The Labute approximate surface area is 149 Å². The van der Waals surface area contributed by atoms with Crippen LogP contribution < -0.4 is 9.47 Å². The number of nitrogens with zero attached hydrogens (tertiary/aromatic N) is 1. The third kappa shape index (κ3) is 5.94. The fourth-order valence-electron chi connectivity index (χ4n) is 2.29. The Morgan fingerprint density at radius 1 is 1.00 bits per heavy atom. The molecule has 0 radical (unpaired) electrons. The van der Waals surface area contributed by atoms with Gasteiger partial charge in [-0.1, -0.05) is 42.5 Å². The van der Waals surface area contributed by atoms with Crippen LogP contribution in [0.15, 0.2) is 54.6 Å². The van der Waals surface area contributed by atoms with Gasteiger partial charge in [0.1, 0.15) is 6.23 Å². The van der Waals surface area contributed by atoms with Crippen molar-refractivity contribution >= 4 is 24.0 Å². The predicted octanol–water partition coefficient (Wildman–Crippen LogP) is 4.58.